The molecule has 0 saturated carbocycles. The number of carbonyl (C=O) groups is 1. The van der Waals surface area contributed by atoms with Gasteiger partial charge >= 0.3 is 0 Å². The molecule has 5 nitrogen and oxygen atoms in total. The van der Waals surface area contributed by atoms with Gasteiger partial charge in [-0.2, -0.15) is 0 Å². The number of fused-ring (bicyclic) bond motifs is 1. The molecule has 0 N–H and O–H groups in total. The first-order valence-corrected chi connectivity index (χ1v) is 6.62. The van der Waals surface area contributed by atoms with E-state index in [2.05, 4.69) is 4.98 Å². The van der Waals surface area contributed by atoms with Crippen LogP contribution in [-0.2, 0) is 9.47 Å². The van der Waals surface area contributed by atoms with Crippen molar-refractivity contribution in [3.8, 4) is 0 Å². The normalized spacial score (nSPS) is 28.7. The minimum absolute atomic E-state index is 0.107. The molecule has 0 aromatic carbocycles. The molecule has 0 unspecified atom stereocenters. The maximum Gasteiger partial charge on any atom is 0.272 e. The number of hydrogen-bond acceptors (Lipinski definition) is 4. The van der Waals surface area contributed by atoms with Crippen molar-refractivity contribution in [1.82, 2.24) is 9.88 Å². The van der Waals surface area contributed by atoms with E-state index in [9.17, 15) is 9.18 Å². The second kappa shape index (κ2) is 5.10. The van der Waals surface area contributed by atoms with Crippen LogP contribution in [0.1, 0.15) is 10.5 Å². The number of halogens is 1. The Morgan fingerprint density at radius 2 is 2.50 bits per heavy atom. The van der Waals surface area contributed by atoms with Gasteiger partial charge in [-0.1, -0.05) is 0 Å². The molecule has 2 aliphatic heterocycles. The summed E-state index contributed by atoms with van der Waals surface area (Å²) in [6.45, 7) is 3.10. The van der Waals surface area contributed by atoms with Gasteiger partial charge in [-0.05, 0) is 12.1 Å². The summed E-state index contributed by atoms with van der Waals surface area (Å²) in [6.07, 6.45) is 1.07. The van der Waals surface area contributed by atoms with Gasteiger partial charge in [-0.15, -0.1) is 0 Å². The predicted molar refractivity (Wildman–Crippen MR) is 68.7 cm³/mol. The van der Waals surface area contributed by atoms with Crippen molar-refractivity contribution in [2.45, 2.75) is 0 Å². The van der Waals surface area contributed by atoms with Crippen LogP contribution in [0.5, 0.6) is 0 Å². The summed E-state index contributed by atoms with van der Waals surface area (Å²) in [7, 11) is 1.66. The van der Waals surface area contributed by atoms with Crippen molar-refractivity contribution in [3.05, 3.63) is 29.8 Å². The molecule has 0 bridgehead atoms. The van der Waals surface area contributed by atoms with Crippen LogP contribution in [0.2, 0.25) is 0 Å². The Kier molecular flexibility index (Phi) is 3.43. The highest BCUT2D eigenvalue weighted by molar-refractivity contribution is 5.92. The average Bonchev–Trinajstić information content (AvgIpc) is 2.96. The molecule has 1 aromatic rings. The van der Waals surface area contributed by atoms with Crippen LogP contribution in [0.3, 0.4) is 0 Å². The molecule has 20 heavy (non-hydrogen) atoms. The van der Waals surface area contributed by atoms with E-state index in [1.54, 1.807) is 12.0 Å². The summed E-state index contributed by atoms with van der Waals surface area (Å²) in [4.78, 5) is 18.0. The second-order valence-electron chi connectivity index (χ2n) is 5.55. The van der Waals surface area contributed by atoms with Gasteiger partial charge in [0, 0.05) is 31.5 Å². The van der Waals surface area contributed by atoms with Gasteiger partial charge in [0.05, 0.1) is 26.0 Å². The Bertz CT molecular complexity index is 508. The minimum Gasteiger partial charge on any atom is -0.384 e. The molecule has 0 radical (unpaired) electrons. The van der Waals surface area contributed by atoms with Crippen LogP contribution in [0.15, 0.2) is 18.3 Å². The van der Waals surface area contributed by atoms with Gasteiger partial charge in [0.1, 0.15) is 11.5 Å². The zero-order valence-corrected chi connectivity index (χ0v) is 11.3. The van der Waals surface area contributed by atoms with Crippen molar-refractivity contribution >= 4 is 5.91 Å². The van der Waals surface area contributed by atoms with E-state index in [4.69, 9.17) is 9.47 Å². The van der Waals surface area contributed by atoms with E-state index < -0.39 is 5.82 Å². The van der Waals surface area contributed by atoms with Gasteiger partial charge in [0.25, 0.3) is 5.91 Å². The van der Waals surface area contributed by atoms with Gasteiger partial charge in [0.2, 0.25) is 0 Å². The molecule has 6 heteroatoms. The summed E-state index contributed by atoms with van der Waals surface area (Å²) in [5.74, 6) is -0.300. The minimum atomic E-state index is -0.441. The van der Waals surface area contributed by atoms with Gasteiger partial charge < -0.3 is 14.4 Å². The third-order valence-electron chi connectivity index (χ3n) is 4.19. The predicted octanol–water partition coefficient (Wildman–Crippen LogP) is 0.956. The maximum absolute atomic E-state index is 12.9. The van der Waals surface area contributed by atoms with Crippen LogP contribution in [0, 0.1) is 17.2 Å². The lowest BCUT2D eigenvalue weighted by molar-refractivity contribution is 0.0487. The zero-order valence-electron chi connectivity index (χ0n) is 11.3. The summed E-state index contributed by atoms with van der Waals surface area (Å²) in [6, 6.07) is 2.68. The topological polar surface area (TPSA) is 51.7 Å². The fourth-order valence-corrected chi connectivity index (χ4v) is 3.14. The first-order valence-electron chi connectivity index (χ1n) is 6.62. The standard InChI is InChI=1S/C14H17FN2O3/c1-19-8-14-7-17(5-10(14)6-20-9-14)13(18)12-3-2-11(15)4-16-12/h2-4,10H,5-9H2,1H3/t10-,14-/m0/s1. The fourth-order valence-electron chi connectivity index (χ4n) is 3.14. The van der Waals surface area contributed by atoms with Gasteiger partial charge in [-0.3, -0.25) is 4.79 Å². The number of amides is 1. The van der Waals surface area contributed by atoms with E-state index in [1.165, 1.54) is 12.1 Å². The number of pyridine rings is 1. The lowest BCUT2D eigenvalue weighted by atomic mass is 9.82. The fraction of sp³-hybridized carbons (Fsp3) is 0.571. The molecule has 3 rings (SSSR count). The molecule has 2 atom stereocenters. The Morgan fingerprint density at radius 3 is 3.20 bits per heavy atom. The largest absolute Gasteiger partial charge is 0.384 e. The number of hydrogen-bond donors (Lipinski definition) is 0. The summed E-state index contributed by atoms with van der Waals surface area (Å²) in [5, 5.41) is 0. The number of likely N-dealkylation sites (tertiary alicyclic amines) is 1. The van der Waals surface area contributed by atoms with E-state index in [-0.39, 0.29) is 17.0 Å². The maximum atomic E-state index is 12.9. The lowest BCUT2D eigenvalue weighted by Gasteiger charge is -2.25. The van der Waals surface area contributed by atoms with Crippen LogP contribution < -0.4 is 0 Å². The van der Waals surface area contributed by atoms with Crippen LogP contribution in [0.25, 0.3) is 0 Å². The SMILES string of the molecule is COC[C@@]12COC[C@@H]1CN(C(=O)c1ccc(F)cn1)C2. The number of nitrogens with zero attached hydrogens (tertiary/aromatic N) is 2. The third-order valence-corrected chi connectivity index (χ3v) is 4.19. The lowest BCUT2D eigenvalue weighted by Crippen LogP contribution is -2.37. The van der Waals surface area contributed by atoms with E-state index in [0.717, 1.165) is 6.20 Å². The monoisotopic (exact) mass is 280 g/mol. The van der Waals surface area contributed by atoms with Crippen LogP contribution >= 0.6 is 0 Å². The Labute approximate surface area is 116 Å². The molecule has 108 valence electrons. The summed E-state index contributed by atoms with van der Waals surface area (Å²) < 4.78 is 23.7. The zero-order chi connectivity index (χ0) is 14.2. The highest BCUT2D eigenvalue weighted by Crippen LogP contribution is 2.41. The highest BCUT2D eigenvalue weighted by atomic mass is 19.1. The molecule has 0 spiro atoms. The van der Waals surface area contributed by atoms with E-state index in [0.29, 0.717) is 38.8 Å². The number of aromatic nitrogens is 1. The quantitative estimate of drug-likeness (QED) is 0.827. The molecule has 3 heterocycles. The number of ether oxygens (including phenoxy) is 2. The molecule has 1 aromatic heterocycles. The third kappa shape index (κ3) is 2.19. The molecule has 0 aliphatic carbocycles. The average molecular weight is 280 g/mol. The van der Waals surface area contributed by atoms with Crippen molar-refractivity contribution < 1.29 is 18.7 Å². The molecule has 1 amide bonds. The van der Waals surface area contributed by atoms with Crippen molar-refractivity contribution in [2.75, 3.05) is 40.0 Å². The Balaban J connectivity index is 1.76. The molecule has 2 aliphatic rings. The Morgan fingerprint density at radius 1 is 1.65 bits per heavy atom. The summed E-state index contributed by atoms with van der Waals surface area (Å²) >= 11 is 0. The smallest absolute Gasteiger partial charge is 0.272 e. The first kappa shape index (κ1) is 13.5. The van der Waals surface area contributed by atoms with Crippen molar-refractivity contribution in [2.24, 2.45) is 11.3 Å². The molecule has 2 saturated heterocycles. The molecular formula is C14H17FN2O3. The molecule has 2 fully saturated rings. The molecular weight excluding hydrogens is 263 g/mol. The van der Waals surface area contributed by atoms with Crippen molar-refractivity contribution in [3.63, 3.8) is 0 Å². The van der Waals surface area contributed by atoms with Crippen molar-refractivity contribution in [1.29, 1.82) is 0 Å². The second-order valence-corrected chi connectivity index (χ2v) is 5.55. The van der Waals surface area contributed by atoms with E-state index in [1.807, 2.05) is 0 Å². The van der Waals surface area contributed by atoms with Crippen LogP contribution in [-0.4, -0.2) is 55.8 Å². The van der Waals surface area contributed by atoms with Gasteiger partial charge in [0.15, 0.2) is 0 Å². The Hall–Kier alpha value is -1.53. The number of carbonyl (C=O) groups excluding carboxylic acids is 1. The number of methoxy groups -OCH3 is 1. The summed E-state index contributed by atoms with van der Waals surface area (Å²) in [5.41, 5.74) is 0.171. The van der Waals surface area contributed by atoms with E-state index >= 15 is 0 Å². The van der Waals surface area contributed by atoms with Crippen LogP contribution in [0.4, 0.5) is 4.39 Å². The number of rotatable bonds is 3. The van der Waals surface area contributed by atoms with Gasteiger partial charge in [-0.25, -0.2) is 9.37 Å². The first-order chi connectivity index (χ1) is 9.64. The highest BCUT2D eigenvalue weighted by Gasteiger charge is 2.52.